The zero-order valence-corrected chi connectivity index (χ0v) is 11.0. The Morgan fingerprint density at radius 1 is 1.28 bits per heavy atom. The van der Waals surface area contributed by atoms with Crippen LogP contribution in [0.2, 0.25) is 0 Å². The van der Waals surface area contributed by atoms with Crippen molar-refractivity contribution in [3.8, 4) is 11.1 Å². The average Bonchev–Trinajstić information content (AvgIpc) is 2.32. The Morgan fingerprint density at radius 3 is 2.61 bits per heavy atom. The summed E-state index contributed by atoms with van der Waals surface area (Å²) in [6.45, 7) is 1.90. The van der Waals surface area contributed by atoms with Crippen molar-refractivity contribution in [1.82, 2.24) is 0 Å². The Kier molecular flexibility index (Phi) is 3.34. The van der Waals surface area contributed by atoms with E-state index in [-0.39, 0.29) is 5.76 Å². The fourth-order valence-electron chi connectivity index (χ4n) is 1.62. The number of benzene rings is 1. The Bertz CT molecular complexity index is 673. The van der Waals surface area contributed by atoms with Gasteiger partial charge in [-0.2, -0.15) is 0 Å². The fourth-order valence-corrected chi connectivity index (χ4v) is 1.86. The van der Waals surface area contributed by atoms with Crippen LogP contribution in [0, 0.1) is 6.92 Å². The predicted molar refractivity (Wildman–Crippen MR) is 69.8 cm³/mol. The Morgan fingerprint density at radius 2 is 2.00 bits per heavy atom. The molecule has 0 bridgehead atoms. The monoisotopic (exact) mass is 308 g/mol. The molecule has 5 heteroatoms. The molecule has 0 atom stereocenters. The lowest BCUT2D eigenvalue weighted by atomic mass is 10.0. The highest BCUT2D eigenvalue weighted by atomic mass is 79.9. The lowest BCUT2D eigenvalue weighted by Crippen LogP contribution is -2.06. The van der Waals surface area contributed by atoms with Gasteiger partial charge in [0.25, 0.3) is 0 Å². The Balaban J connectivity index is 2.66. The molecule has 0 saturated carbocycles. The Labute approximate surface area is 111 Å². The van der Waals surface area contributed by atoms with E-state index in [1.165, 1.54) is 12.1 Å². The smallest absolute Gasteiger partial charge is 0.372 e. The third-order valence-corrected chi connectivity index (χ3v) is 3.39. The molecule has 2 aromatic rings. The number of carbonyl (C=O) groups is 1. The quantitative estimate of drug-likeness (QED) is 0.925. The van der Waals surface area contributed by atoms with Gasteiger partial charge in [0.1, 0.15) is 0 Å². The summed E-state index contributed by atoms with van der Waals surface area (Å²) >= 11 is 3.37. The zero-order valence-electron chi connectivity index (χ0n) is 9.44. The van der Waals surface area contributed by atoms with Crippen LogP contribution >= 0.6 is 15.9 Å². The standard InChI is InChI=1S/C13H9BrO4/c1-7-6-8(2-4-10(7)14)9-3-5-11(15)18-12(9)13(16)17/h2-6H,1H3,(H,16,17). The highest BCUT2D eigenvalue weighted by Gasteiger charge is 2.15. The molecular weight excluding hydrogens is 300 g/mol. The van der Waals surface area contributed by atoms with Gasteiger partial charge in [-0.1, -0.05) is 28.1 Å². The molecule has 0 aliphatic carbocycles. The molecule has 18 heavy (non-hydrogen) atoms. The maximum absolute atomic E-state index is 11.1. The second-order valence-corrected chi connectivity index (χ2v) is 4.62. The Hall–Kier alpha value is -1.88. The SMILES string of the molecule is Cc1cc(-c2ccc(=O)oc2C(=O)O)ccc1Br. The van der Waals surface area contributed by atoms with Crippen LogP contribution in [-0.2, 0) is 0 Å². The highest BCUT2D eigenvalue weighted by Crippen LogP contribution is 2.27. The molecule has 0 spiro atoms. The highest BCUT2D eigenvalue weighted by molar-refractivity contribution is 9.10. The second-order valence-electron chi connectivity index (χ2n) is 3.77. The predicted octanol–water partition coefficient (Wildman–Crippen LogP) is 3.08. The number of rotatable bonds is 2. The molecule has 2 rings (SSSR count). The minimum absolute atomic E-state index is 0.343. The number of halogens is 1. The van der Waals surface area contributed by atoms with Gasteiger partial charge in [0.2, 0.25) is 5.76 Å². The fraction of sp³-hybridized carbons (Fsp3) is 0.0769. The summed E-state index contributed by atoms with van der Waals surface area (Å²) < 4.78 is 5.66. The first-order valence-electron chi connectivity index (χ1n) is 5.13. The van der Waals surface area contributed by atoms with Crippen LogP contribution in [0.1, 0.15) is 16.1 Å². The van der Waals surface area contributed by atoms with Crippen molar-refractivity contribution in [2.24, 2.45) is 0 Å². The molecular formula is C13H9BrO4. The number of aryl methyl sites for hydroxylation is 1. The minimum atomic E-state index is -1.26. The summed E-state index contributed by atoms with van der Waals surface area (Å²) in [6.07, 6.45) is 0. The first-order chi connectivity index (χ1) is 8.49. The average molecular weight is 309 g/mol. The van der Waals surface area contributed by atoms with Crippen LogP contribution in [0.25, 0.3) is 11.1 Å². The molecule has 1 heterocycles. The largest absolute Gasteiger partial charge is 0.475 e. The first kappa shape index (κ1) is 12.6. The van der Waals surface area contributed by atoms with Gasteiger partial charge in [0, 0.05) is 16.1 Å². The molecule has 0 saturated heterocycles. The van der Waals surface area contributed by atoms with Crippen molar-refractivity contribution in [2.45, 2.75) is 6.92 Å². The zero-order chi connectivity index (χ0) is 13.3. The molecule has 0 aliphatic heterocycles. The number of carboxylic acid groups (broad SMARTS) is 1. The topological polar surface area (TPSA) is 67.5 Å². The normalized spacial score (nSPS) is 10.3. The minimum Gasteiger partial charge on any atom is -0.475 e. The summed E-state index contributed by atoms with van der Waals surface area (Å²) in [7, 11) is 0. The van der Waals surface area contributed by atoms with Crippen molar-refractivity contribution in [1.29, 1.82) is 0 Å². The molecule has 0 amide bonds. The van der Waals surface area contributed by atoms with Gasteiger partial charge in [-0.15, -0.1) is 0 Å². The van der Waals surface area contributed by atoms with E-state index < -0.39 is 11.6 Å². The summed E-state index contributed by atoms with van der Waals surface area (Å²) in [5.74, 6) is -1.60. The summed E-state index contributed by atoms with van der Waals surface area (Å²) in [5.41, 5.74) is 1.37. The first-order valence-corrected chi connectivity index (χ1v) is 5.92. The van der Waals surface area contributed by atoms with Gasteiger partial charge in [0.05, 0.1) is 0 Å². The molecule has 0 fully saturated rings. The van der Waals surface area contributed by atoms with Gasteiger partial charge in [-0.05, 0) is 30.2 Å². The van der Waals surface area contributed by atoms with Gasteiger partial charge in [0.15, 0.2) is 0 Å². The van der Waals surface area contributed by atoms with E-state index in [2.05, 4.69) is 15.9 Å². The maximum atomic E-state index is 11.1. The van der Waals surface area contributed by atoms with E-state index in [1.807, 2.05) is 19.1 Å². The number of aromatic carboxylic acids is 1. The summed E-state index contributed by atoms with van der Waals surface area (Å²) in [5, 5.41) is 9.03. The number of carboxylic acids is 1. The van der Waals surface area contributed by atoms with E-state index in [0.29, 0.717) is 11.1 Å². The van der Waals surface area contributed by atoms with Crippen LogP contribution in [0.5, 0.6) is 0 Å². The second kappa shape index (κ2) is 4.78. The van der Waals surface area contributed by atoms with Gasteiger partial charge in [-0.3, -0.25) is 0 Å². The van der Waals surface area contributed by atoms with E-state index in [4.69, 9.17) is 9.52 Å². The summed E-state index contributed by atoms with van der Waals surface area (Å²) in [4.78, 5) is 22.1. The van der Waals surface area contributed by atoms with Gasteiger partial charge >= 0.3 is 11.6 Å². The molecule has 0 unspecified atom stereocenters. The van der Waals surface area contributed by atoms with Crippen molar-refractivity contribution in [3.05, 3.63) is 56.5 Å². The number of hydrogen-bond acceptors (Lipinski definition) is 3. The molecule has 1 N–H and O–H groups in total. The van der Waals surface area contributed by atoms with E-state index in [0.717, 1.165) is 10.0 Å². The van der Waals surface area contributed by atoms with Crippen LogP contribution in [-0.4, -0.2) is 11.1 Å². The molecule has 0 aliphatic rings. The van der Waals surface area contributed by atoms with E-state index in [9.17, 15) is 9.59 Å². The molecule has 1 aromatic heterocycles. The molecule has 0 radical (unpaired) electrons. The van der Waals surface area contributed by atoms with Crippen molar-refractivity contribution >= 4 is 21.9 Å². The van der Waals surface area contributed by atoms with Crippen LogP contribution in [0.15, 0.2) is 44.0 Å². The van der Waals surface area contributed by atoms with E-state index >= 15 is 0 Å². The van der Waals surface area contributed by atoms with Crippen molar-refractivity contribution < 1.29 is 14.3 Å². The van der Waals surface area contributed by atoms with Crippen LogP contribution < -0.4 is 5.63 Å². The third kappa shape index (κ3) is 2.36. The van der Waals surface area contributed by atoms with E-state index in [1.54, 1.807) is 6.07 Å². The lowest BCUT2D eigenvalue weighted by Gasteiger charge is -2.06. The molecule has 4 nitrogen and oxygen atoms in total. The molecule has 1 aromatic carbocycles. The maximum Gasteiger partial charge on any atom is 0.372 e. The summed E-state index contributed by atoms with van der Waals surface area (Å²) in [6, 6.07) is 8.07. The van der Waals surface area contributed by atoms with Crippen LogP contribution in [0.3, 0.4) is 0 Å². The molecule has 92 valence electrons. The van der Waals surface area contributed by atoms with Gasteiger partial charge < -0.3 is 9.52 Å². The third-order valence-electron chi connectivity index (χ3n) is 2.50. The van der Waals surface area contributed by atoms with Crippen LogP contribution in [0.4, 0.5) is 0 Å². The lowest BCUT2D eigenvalue weighted by molar-refractivity contribution is 0.0658. The number of hydrogen-bond donors (Lipinski definition) is 1. The van der Waals surface area contributed by atoms with Crippen molar-refractivity contribution in [2.75, 3.05) is 0 Å². The van der Waals surface area contributed by atoms with Gasteiger partial charge in [-0.25, -0.2) is 9.59 Å². The van der Waals surface area contributed by atoms with Crippen molar-refractivity contribution in [3.63, 3.8) is 0 Å².